The van der Waals surface area contributed by atoms with Crippen LogP contribution in [0.4, 0.5) is 5.69 Å². The highest BCUT2D eigenvalue weighted by atomic mass is 35.5. The quantitative estimate of drug-likeness (QED) is 0.900. The molecule has 2 saturated carbocycles. The minimum atomic E-state index is -0.00702. The summed E-state index contributed by atoms with van der Waals surface area (Å²) < 4.78 is 0. The molecular weight excluding hydrogens is 268 g/mol. The zero-order valence-corrected chi connectivity index (χ0v) is 13.2. The molecule has 4 unspecified atom stereocenters. The Balaban J connectivity index is 1.68. The fraction of sp³-hybridized carbons (Fsp3) is 0.647. The number of fused-ring (bicyclic) bond motifs is 2. The second kappa shape index (κ2) is 5.57. The Labute approximate surface area is 127 Å². The third kappa shape index (κ3) is 2.68. The van der Waals surface area contributed by atoms with Gasteiger partial charge in [0.2, 0.25) is 0 Å². The predicted octanol–water partition coefficient (Wildman–Crippen LogP) is 4.23. The first kappa shape index (κ1) is 14.2. The third-order valence-electron chi connectivity index (χ3n) is 5.31. The van der Waals surface area contributed by atoms with Gasteiger partial charge in [-0.3, -0.25) is 0 Å². The maximum atomic E-state index is 6.34. The van der Waals surface area contributed by atoms with Crippen molar-refractivity contribution in [1.29, 1.82) is 0 Å². The van der Waals surface area contributed by atoms with Gasteiger partial charge in [0.1, 0.15) is 0 Å². The van der Waals surface area contributed by atoms with Crippen LogP contribution in [0.25, 0.3) is 0 Å². The van der Waals surface area contributed by atoms with E-state index in [1.807, 2.05) is 6.92 Å². The predicted molar refractivity (Wildman–Crippen MR) is 86.3 cm³/mol. The van der Waals surface area contributed by atoms with Crippen molar-refractivity contribution in [2.24, 2.45) is 23.5 Å². The van der Waals surface area contributed by atoms with Crippen LogP contribution in [0.2, 0.25) is 5.02 Å². The Morgan fingerprint density at radius 2 is 2.15 bits per heavy atom. The van der Waals surface area contributed by atoms with Crippen molar-refractivity contribution in [3.05, 3.63) is 28.8 Å². The van der Waals surface area contributed by atoms with Gasteiger partial charge in [-0.05, 0) is 61.6 Å². The highest BCUT2D eigenvalue weighted by Gasteiger charge is 2.39. The lowest BCUT2D eigenvalue weighted by molar-refractivity contribution is 0.337. The topological polar surface area (TPSA) is 29.3 Å². The zero-order chi connectivity index (χ0) is 14.3. The summed E-state index contributed by atoms with van der Waals surface area (Å²) in [7, 11) is 2.18. The Morgan fingerprint density at radius 3 is 2.70 bits per heavy atom. The molecular formula is C17H25ClN2. The van der Waals surface area contributed by atoms with Crippen LogP contribution in [0.3, 0.4) is 0 Å². The first-order valence-electron chi connectivity index (χ1n) is 7.80. The SMILES string of the molecule is CC(N)c1ccc(N(C)CC2CC3CCC2C3)cc1Cl. The van der Waals surface area contributed by atoms with Crippen LogP contribution in [0.1, 0.15) is 44.2 Å². The number of benzene rings is 1. The standard InChI is InChI=1S/C17H25ClN2/c1-11(19)16-6-5-15(9-17(16)18)20(2)10-14-8-12-3-4-13(14)7-12/h5-6,9,11-14H,3-4,7-8,10,19H2,1-2H3. The van der Waals surface area contributed by atoms with E-state index >= 15 is 0 Å². The number of anilines is 1. The summed E-state index contributed by atoms with van der Waals surface area (Å²) in [6, 6.07) is 6.28. The Kier molecular flexibility index (Phi) is 3.96. The Bertz CT molecular complexity index is 486. The van der Waals surface area contributed by atoms with E-state index in [0.29, 0.717) is 0 Å². The van der Waals surface area contributed by atoms with Crippen molar-refractivity contribution in [3.63, 3.8) is 0 Å². The molecule has 2 aliphatic rings. The van der Waals surface area contributed by atoms with E-state index in [1.54, 1.807) is 0 Å². The summed E-state index contributed by atoms with van der Waals surface area (Å²) in [4.78, 5) is 2.36. The van der Waals surface area contributed by atoms with Crippen molar-refractivity contribution >= 4 is 17.3 Å². The van der Waals surface area contributed by atoms with E-state index in [-0.39, 0.29) is 6.04 Å². The minimum Gasteiger partial charge on any atom is -0.374 e. The van der Waals surface area contributed by atoms with E-state index in [2.05, 4.69) is 30.1 Å². The largest absolute Gasteiger partial charge is 0.374 e. The van der Waals surface area contributed by atoms with Gasteiger partial charge >= 0.3 is 0 Å². The van der Waals surface area contributed by atoms with Gasteiger partial charge in [0.25, 0.3) is 0 Å². The van der Waals surface area contributed by atoms with Crippen LogP contribution in [0, 0.1) is 17.8 Å². The molecule has 3 heteroatoms. The van der Waals surface area contributed by atoms with Gasteiger partial charge < -0.3 is 10.6 Å². The first-order valence-corrected chi connectivity index (χ1v) is 8.18. The van der Waals surface area contributed by atoms with Crippen molar-refractivity contribution < 1.29 is 0 Å². The Hall–Kier alpha value is -0.730. The summed E-state index contributed by atoms with van der Waals surface area (Å²) in [6.07, 6.45) is 5.83. The lowest BCUT2D eigenvalue weighted by atomic mass is 9.88. The van der Waals surface area contributed by atoms with Crippen LogP contribution in [-0.2, 0) is 0 Å². The van der Waals surface area contributed by atoms with Gasteiger partial charge in [0, 0.05) is 30.3 Å². The minimum absolute atomic E-state index is 0.00702. The summed E-state index contributed by atoms with van der Waals surface area (Å²) in [6.45, 7) is 3.13. The lowest BCUT2D eigenvalue weighted by Crippen LogP contribution is -2.28. The fourth-order valence-corrected chi connectivity index (χ4v) is 4.53. The van der Waals surface area contributed by atoms with Crippen LogP contribution in [-0.4, -0.2) is 13.6 Å². The molecule has 3 rings (SSSR count). The molecule has 0 amide bonds. The molecule has 4 atom stereocenters. The maximum absolute atomic E-state index is 6.34. The number of hydrogen-bond acceptors (Lipinski definition) is 2. The van der Waals surface area contributed by atoms with Crippen LogP contribution in [0.5, 0.6) is 0 Å². The molecule has 2 nitrogen and oxygen atoms in total. The van der Waals surface area contributed by atoms with E-state index in [0.717, 1.165) is 34.9 Å². The molecule has 1 aromatic carbocycles. The molecule has 0 spiro atoms. The number of hydrogen-bond donors (Lipinski definition) is 1. The summed E-state index contributed by atoms with van der Waals surface area (Å²) >= 11 is 6.34. The van der Waals surface area contributed by atoms with Gasteiger partial charge in [0.05, 0.1) is 0 Å². The number of nitrogens with zero attached hydrogens (tertiary/aromatic N) is 1. The van der Waals surface area contributed by atoms with Crippen molar-refractivity contribution in [2.75, 3.05) is 18.5 Å². The average Bonchev–Trinajstić information content (AvgIpc) is 3.00. The molecule has 20 heavy (non-hydrogen) atoms. The second-order valence-corrected chi connectivity index (χ2v) is 7.22. The smallest absolute Gasteiger partial charge is 0.0474 e. The molecule has 1 aromatic rings. The summed E-state index contributed by atoms with van der Waals surface area (Å²) in [5.74, 6) is 2.87. The molecule has 2 N–H and O–H groups in total. The van der Waals surface area contributed by atoms with Crippen molar-refractivity contribution in [1.82, 2.24) is 0 Å². The van der Waals surface area contributed by atoms with Gasteiger partial charge in [-0.25, -0.2) is 0 Å². The molecule has 2 fully saturated rings. The molecule has 0 saturated heterocycles. The molecule has 0 aliphatic heterocycles. The Morgan fingerprint density at radius 1 is 1.35 bits per heavy atom. The maximum Gasteiger partial charge on any atom is 0.0474 e. The van der Waals surface area contributed by atoms with Crippen molar-refractivity contribution in [2.45, 2.75) is 38.6 Å². The number of rotatable bonds is 4. The monoisotopic (exact) mass is 292 g/mol. The van der Waals surface area contributed by atoms with E-state index in [1.165, 1.54) is 31.4 Å². The molecule has 0 radical (unpaired) electrons. The molecule has 0 heterocycles. The average molecular weight is 293 g/mol. The third-order valence-corrected chi connectivity index (χ3v) is 5.64. The van der Waals surface area contributed by atoms with E-state index in [4.69, 9.17) is 17.3 Å². The van der Waals surface area contributed by atoms with Crippen molar-refractivity contribution in [3.8, 4) is 0 Å². The zero-order valence-electron chi connectivity index (χ0n) is 12.5. The lowest BCUT2D eigenvalue weighted by Gasteiger charge is -2.29. The van der Waals surface area contributed by atoms with E-state index < -0.39 is 0 Å². The van der Waals surface area contributed by atoms with Gasteiger partial charge in [-0.15, -0.1) is 0 Å². The van der Waals surface area contributed by atoms with Gasteiger partial charge in [0.15, 0.2) is 0 Å². The molecule has 0 aromatic heterocycles. The highest BCUT2D eigenvalue weighted by molar-refractivity contribution is 6.31. The van der Waals surface area contributed by atoms with Gasteiger partial charge in [-0.1, -0.05) is 24.1 Å². The van der Waals surface area contributed by atoms with Gasteiger partial charge in [-0.2, -0.15) is 0 Å². The fourth-order valence-electron chi connectivity index (χ4n) is 4.18. The van der Waals surface area contributed by atoms with Crippen LogP contribution >= 0.6 is 11.6 Å². The first-order chi connectivity index (χ1) is 9.54. The normalized spacial score (nSPS) is 29.7. The van der Waals surface area contributed by atoms with E-state index in [9.17, 15) is 0 Å². The summed E-state index contributed by atoms with van der Waals surface area (Å²) in [5.41, 5.74) is 8.16. The molecule has 2 aliphatic carbocycles. The highest BCUT2D eigenvalue weighted by Crippen LogP contribution is 2.48. The molecule has 2 bridgehead atoms. The van der Waals surface area contributed by atoms with Crippen LogP contribution < -0.4 is 10.6 Å². The number of halogens is 1. The molecule has 110 valence electrons. The summed E-state index contributed by atoms with van der Waals surface area (Å²) in [5, 5.41) is 0.789. The second-order valence-electron chi connectivity index (χ2n) is 6.81. The number of nitrogens with two attached hydrogens (primary N) is 1. The van der Waals surface area contributed by atoms with Crippen LogP contribution in [0.15, 0.2) is 18.2 Å².